The summed E-state index contributed by atoms with van der Waals surface area (Å²) in [4.78, 5) is 2.49. The SMILES string of the molecule is C=CCOc1cccc(NC(=S)NCc2ccc(N3CCCC(C)C3)cc2)c1. The molecule has 0 aromatic heterocycles. The number of rotatable bonds is 7. The Morgan fingerprint density at radius 3 is 2.86 bits per heavy atom. The summed E-state index contributed by atoms with van der Waals surface area (Å²) in [7, 11) is 0. The summed E-state index contributed by atoms with van der Waals surface area (Å²) in [6.45, 7) is 9.48. The van der Waals surface area contributed by atoms with Gasteiger partial charge in [-0.3, -0.25) is 0 Å². The van der Waals surface area contributed by atoms with Gasteiger partial charge in [-0.25, -0.2) is 0 Å². The molecule has 1 atom stereocenters. The molecule has 5 heteroatoms. The van der Waals surface area contributed by atoms with Gasteiger partial charge in [-0.1, -0.05) is 37.8 Å². The monoisotopic (exact) mass is 395 g/mol. The molecule has 0 amide bonds. The zero-order valence-electron chi connectivity index (χ0n) is 16.5. The lowest BCUT2D eigenvalue weighted by Gasteiger charge is -2.32. The standard InChI is InChI=1S/C23H29N3OS/c1-3-14-27-22-8-4-7-20(15-22)25-23(28)24-16-19-9-11-21(12-10-19)26-13-5-6-18(2)17-26/h3-4,7-12,15,18H,1,5-6,13-14,16-17H2,2H3,(H2,24,25,28). The molecule has 1 aliphatic rings. The van der Waals surface area contributed by atoms with E-state index in [2.05, 4.69) is 53.3 Å². The smallest absolute Gasteiger partial charge is 0.171 e. The van der Waals surface area contributed by atoms with Crippen LogP contribution >= 0.6 is 12.2 Å². The van der Waals surface area contributed by atoms with E-state index in [-0.39, 0.29) is 0 Å². The van der Waals surface area contributed by atoms with Gasteiger partial charge in [-0.2, -0.15) is 0 Å². The van der Waals surface area contributed by atoms with E-state index in [1.165, 1.54) is 24.1 Å². The number of nitrogens with one attached hydrogen (secondary N) is 2. The molecule has 1 aliphatic heterocycles. The van der Waals surface area contributed by atoms with Crippen LogP contribution in [0.15, 0.2) is 61.2 Å². The molecule has 2 aromatic carbocycles. The Balaban J connectivity index is 1.48. The quantitative estimate of drug-likeness (QED) is 0.511. The summed E-state index contributed by atoms with van der Waals surface area (Å²) in [5, 5.41) is 7.06. The van der Waals surface area contributed by atoms with E-state index in [4.69, 9.17) is 17.0 Å². The molecule has 1 fully saturated rings. The maximum absolute atomic E-state index is 5.55. The first-order valence-corrected chi connectivity index (χ1v) is 10.3. The fourth-order valence-corrected chi connectivity index (χ4v) is 3.61. The second-order valence-corrected chi connectivity index (χ2v) is 7.70. The molecule has 3 rings (SSSR count). The van der Waals surface area contributed by atoms with Crippen molar-refractivity contribution < 1.29 is 4.74 Å². The molecular formula is C23H29N3OS. The molecule has 2 N–H and O–H groups in total. The Labute approximate surface area is 173 Å². The number of ether oxygens (including phenoxy) is 1. The van der Waals surface area contributed by atoms with Gasteiger partial charge in [0.15, 0.2) is 5.11 Å². The van der Waals surface area contributed by atoms with Crippen LogP contribution in [0, 0.1) is 5.92 Å². The number of hydrogen-bond donors (Lipinski definition) is 2. The Kier molecular flexibility index (Phi) is 7.31. The van der Waals surface area contributed by atoms with Crippen LogP contribution in [-0.2, 0) is 6.54 Å². The van der Waals surface area contributed by atoms with Gasteiger partial charge in [0.25, 0.3) is 0 Å². The normalized spacial score (nSPS) is 16.3. The molecule has 1 unspecified atom stereocenters. The number of thiocarbonyl (C=S) groups is 1. The maximum atomic E-state index is 5.55. The average Bonchev–Trinajstić information content (AvgIpc) is 2.71. The van der Waals surface area contributed by atoms with Crippen molar-refractivity contribution in [3.63, 3.8) is 0 Å². The van der Waals surface area contributed by atoms with E-state index in [0.717, 1.165) is 30.4 Å². The molecule has 148 valence electrons. The van der Waals surface area contributed by atoms with Gasteiger partial charge >= 0.3 is 0 Å². The number of piperidine rings is 1. The Hall–Kier alpha value is -2.53. The van der Waals surface area contributed by atoms with E-state index < -0.39 is 0 Å². The highest BCUT2D eigenvalue weighted by Crippen LogP contribution is 2.23. The molecule has 4 nitrogen and oxygen atoms in total. The van der Waals surface area contributed by atoms with Gasteiger partial charge in [0.05, 0.1) is 0 Å². The minimum absolute atomic E-state index is 0.485. The highest BCUT2D eigenvalue weighted by atomic mass is 32.1. The Morgan fingerprint density at radius 1 is 1.29 bits per heavy atom. The van der Waals surface area contributed by atoms with E-state index in [1.807, 2.05) is 24.3 Å². The van der Waals surface area contributed by atoms with Crippen LogP contribution in [0.2, 0.25) is 0 Å². The van der Waals surface area contributed by atoms with Crippen molar-refractivity contribution in [3.05, 3.63) is 66.7 Å². The van der Waals surface area contributed by atoms with E-state index in [9.17, 15) is 0 Å². The zero-order chi connectivity index (χ0) is 19.8. The second kappa shape index (κ2) is 10.1. The first-order valence-electron chi connectivity index (χ1n) is 9.86. The Morgan fingerprint density at radius 2 is 2.11 bits per heavy atom. The van der Waals surface area contributed by atoms with Gasteiger partial charge in [-0.05, 0) is 60.8 Å². The van der Waals surface area contributed by atoms with E-state index in [1.54, 1.807) is 6.08 Å². The molecule has 28 heavy (non-hydrogen) atoms. The number of nitrogens with zero attached hydrogens (tertiary/aromatic N) is 1. The zero-order valence-corrected chi connectivity index (χ0v) is 17.3. The van der Waals surface area contributed by atoms with Crippen molar-refractivity contribution in [1.82, 2.24) is 5.32 Å². The molecule has 1 heterocycles. The lowest BCUT2D eigenvalue weighted by atomic mass is 9.99. The highest BCUT2D eigenvalue weighted by molar-refractivity contribution is 7.80. The minimum Gasteiger partial charge on any atom is -0.489 e. The number of anilines is 2. The van der Waals surface area contributed by atoms with Crippen LogP contribution in [0.5, 0.6) is 5.75 Å². The molecule has 0 saturated carbocycles. The summed E-state index contributed by atoms with van der Waals surface area (Å²) in [6.07, 6.45) is 4.35. The summed E-state index contributed by atoms with van der Waals surface area (Å²) >= 11 is 5.42. The lowest BCUT2D eigenvalue weighted by molar-refractivity contribution is 0.363. The summed E-state index contributed by atoms with van der Waals surface area (Å²) in [5.74, 6) is 1.56. The highest BCUT2D eigenvalue weighted by Gasteiger charge is 2.16. The predicted octanol–water partition coefficient (Wildman–Crippen LogP) is 4.97. The van der Waals surface area contributed by atoms with Crippen molar-refractivity contribution in [3.8, 4) is 5.75 Å². The average molecular weight is 396 g/mol. The van der Waals surface area contributed by atoms with Crippen LogP contribution in [0.3, 0.4) is 0 Å². The largest absolute Gasteiger partial charge is 0.489 e. The van der Waals surface area contributed by atoms with Crippen LogP contribution in [0.1, 0.15) is 25.3 Å². The van der Waals surface area contributed by atoms with Crippen molar-refractivity contribution >= 4 is 28.7 Å². The van der Waals surface area contributed by atoms with Crippen LogP contribution in [-0.4, -0.2) is 24.8 Å². The van der Waals surface area contributed by atoms with Crippen molar-refractivity contribution in [1.29, 1.82) is 0 Å². The third-order valence-corrected chi connectivity index (χ3v) is 5.12. The number of benzene rings is 2. The van der Waals surface area contributed by atoms with Gasteiger partial charge in [0.1, 0.15) is 12.4 Å². The third kappa shape index (κ3) is 5.99. The second-order valence-electron chi connectivity index (χ2n) is 7.30. The summed E-state index contributed by atoms with van der Waals surface area (Å²) in [5.41, 5.74) is 3.42. The van der Waals surface area contributed by atoms with Crippen molar-refractivity contribution in [2.45, 2.75) is 26.3 Å². The third-order valence-electron chi connectivity index (χ3n) is 4.87. The molecule has 0 bridgehead atoms. The molecule has 0 spiro atoms. The Bertz CT molecular complexity index is 791. The molecule has 0 aliphatic carbocycles. The van der Waals surface area contributed by atoms with Crippen LogP contribution in [0.25, 0.3) is 0 Å². The van der Waals surface area contributed by atoms with E-state index in [0.29, 0.717) is 18.3 Å². The van der Waals surface area contributed by atoms with Gasteiger partial charge in [0, 0.05) is 37.1 Å². The van der Waals surface area contributed by atoms with Crippen LogP contribution in [0.4, 0.5) is 11.4 Å². The molecule has 0 radical (unpaired) electrons. The maximum Gasteiger partial charge on any atom is 0.171 e. The first kappa shape index (κ1) is 20.2. The van der Waals surface area contributed by atoms with Gasteiger partial charge < -0.3 is 20.3 Å². The lowest BCUT2D eigenvalue weighted by Crippen LogP contribution is -2.34. The fraction of sp³-hybridized carbons (Fsp3) is 0.348. The van der Waals surface area contributed by atoms with Crippen LogP contribution < -0.4 is 20.3 Å². The van der Waals surface area contributed by atoms with Crippen molar-refractivity contribution in [2.75, 3.05) is 29.9 Å². The molecular weight excluding hydrogens is 366 g/mol. The molecule has 1 saturated heterocycles. The first-order chi connectivity index (χ1) is 13.6. The minimum atomic E-state index is 0.485. The van der Waals surface area contributed by atoms with Crippen molar-refractivity contribution in [2.24, 2.45) is 5.92 Å². The molecule has 2 aromatic rings. The van der Waals surface area contributed by atoms with Gasteiger partial charge in [-0.15, -0.1) is 0 Å². The van der Waals surface area contributed by atoms with Gasteiger partial charge in [0.2, 0.25) is 0 Å². The summed E-state index contributed by atoms with van der Waals surface area (Å²) < 4.78 is 5.55. The topological polar surface area (TPSA) is 36.5 Å². The number of hydrogen-bond acceptors (Lipinski definition) is 3. The van der Waals surface area contributed by atoms with E-state index >= 15 is 0 Å². The predicted molar refractivity (Wildman–Crippen MR) is 122 cm³/mol. The summed E-state index contributed by atoms with van der Waals surface area (Å²) in [6, 6.07) is 16.5. The fourth-order valence-electron chi connectivity index (χ4n) is 3.42.